The van der Waals surface area contributed by atoms with Gasteiger partial charge in [0.1, 0.15) is 0 Å². The van der Waals surface area contributed by atoms with Crippen LogP contribution in [0.25, 0.3) is 11.1 Å². The first-order valence-electron chi connectivity index (χ1n) is 10.4. The molecule has 0 bridgehead atoms. The van der Waals surface area contributed by atoms with Crippen LogP contribution in [0.3, 0.4) is 0 Å². The summed E-state index contributed by atoms with van der Waals surface area (Å²) in [7, 11) is 0. The second kappa shape index (κ2) is 9.98. The first kappa shape index (κ1) is 23.5. The highest BCUT2D eigenvalue weighted by Crippen LogP contribution is 2.39. The Morgan fingerprint density at radius 2 is 1.53 bits per heavy atom. The number of hydrogen-bond donors (Lipinski definition) is 0. The highest BCUT2D eigenvalue weighted by Gasteiger charge is 2.31. The van der Waals surface area contributed by atoms with Gasteiger partial charge in [-0.3, -0.25) is 4.79 Å². The third kappa shape index (κ3) is 5.01. The summed E-state index contributed by atoms with van der Waals surface area (Å²) in [6.45, 7) is 7.83. The molecule has 6 heteroatoms. The number of carbonyl (C=O) groups is 1. The molecule has 1 aliphatic carbocycles. The lowest BCUT2D eigenvalue weighted by molar-refractivity contribution is -0.145. The van der Waals surface area contributed by atoms with Crippen molar-refractivity contribution in [2.75, 3.05) is 0 Å². The van der Waals surface area contributed by atoms with E-state index >= 15 is 0 Å². The average molecular weight is 444 g/mol. The molecule has 0 atom stereocenters. The van der Waals surface area contributed by atoms with E-state index in [0.29, 0.717) is 31.2 Å². The Morgan fingerprint density at radius 1 is 0.906 bits per heavy atom. The van der Waals surface area contributed by atoms with Crippen molar-refractivity contribution >= 4 is 5.97 Å². The lowest BCUT2D eigenvalue weighted by Crippen LogP contribution is -2.23. The second-order valence-corrected chi connectivity index (χ2v) is 8.00. The maximum Gasteiger partial charge on any atom is 0.314 e. The highest BCUT2D eigenvalue weighted by atomic mass is 19.2. The number of rotatable bonds is 6. The maximum atomic E-state index is 14.8. The van der Waals surface area contributed by atoms with Crippen molar-refractivity contribution in [2.24, 2.45) is 5.92 Å². The van der Waals surface area contributed by atoms with Gasteiger partial charge in [0.05, 0.1) is 5.92 Å². The van der Waals surface area contributed by atoms with Crippen molar-refractivity contribution in [1.82, 2.24) is 0 Å². The smallest absolute Gasteiger partial charge is 0.314 e. The molecule has 32 heavy (non-hydrogen) atoms. The lowest BCUT2D eigenvalue weighted by Gasteiger charge is -2.28. The van der Waals surface area contributed by atoms with Crippen LogP contribution >= 0.6 is 0 Å². The van der Waals surface area contributed by atoms with Crippen molar-refractivity contribution in [2.45, 2.75) is 38.5 Å². The van der Waals surface area contributed by atoms with E-state index in [1.165, 1.54) is 6.92 Å². The molecule has 0 aliphatic heterocycles. The van der Waals surface area contributed by atoms with Gasteiger partial charge in [0.25, 0.3) is 0 Å². The third-order valence-corrected chi connectivity index (χ3v) is 5.73. The summed E-state index contributed by atoms with van der Waals surface area (Å²) in [5.41, 5.74) is 0.912. The minimum atomic E-state index is -1.37. The van der Waals surface area contributed by atoms with Gasteiger partial charge >= 0.3 is 5.97 Å². The molecule has 0 heterocycles. The van der Waals surface area contributed by atoms with Crippen LogP contribution in [0, 0.1) is 17.6 Å². The number of carbonyl (C=O) groups excluding carboxylic acids is 1. The summed E-state index contributed by atoms with van der Waals surface area (Å²) >= 11 is 0. The average Bonchev–Trinajstić information content (AvgIpc) is 2.80. The molecule has 2 aromatic rings. The first-order valence-corrected chi connectivity index (χ1v) is 10.4. The zero-order valence-electron chi connectivity index (χ0n) is 17.8. The Kier molecular flexibility index (Phi) is 7.33. The summed E-state index contributed by atoms with van der Waals surface area (Å²) in [5.74, 6) is -6.59. The molecule has 0 amide bonds. The Bertz CT molecular complexity index is 1060. The van der Waals surface area contributed by atoms with Gasteiger partial charge in [0.2, 0.25) is 5.83 Å². The molecule has 0 unspecified atom stereocenters. The molecule has 1 saturated carbocycles. The monoisotopic (exact) mass is 444 g/mol. The van der Waals surface area contributed by atoms with E-state index in [1.807, 2.05) is 0 Å². The topological polar surface area (TPSA) is 26.3 Å². The third-order valence-electron chi connectivity index (χ3n) is 5.73. The number of benzene rings is 2. The van der Waals surface area contributed by atoms with E-state index in [2.05, 4.69) is 13.2 Å². The molecule has 1 fully saturated rings. The molecule has 3 rings (SSSR count). The largest absolute Gasteiger partial charge is 0.424 e. The van der Waals surface area contributed by atoms with Crippen LogP contribution in [0.15, 0.2) is 78.6 Å². The standard InChI is InChI=1S/C26H24F4O2/c1-15(2)22(27)23(28)16(3)32-26(31)19-11-9-18(10-12-19)21-14-13-20(24(29)25(21)30)17-7-5-4-6-8-17/h4-8,13-14,18-19H,1,3,9-12H2,2H3/b23-22-. The molecule has 0 N–H and O–H groups in total. The van der Waals surface area contributed by atoms with Gasteiger partial charge in [0.15, 0.2) is 23.2 Å². The van der Waals surface area contributed by atoms with Crippen LogP contribution in [-0.4, -0.2) is 5.97 Å². The van der Waals surface area contributed by atoms with Crippen LogP contribution in [-0.2, 0) is 9.53 Å². The normalized spacial score (nSPS) is 19.2. The maximum absolute atomic E-state index is 14.8. The zero-order valence-corrected chi connectivity index (χ0v) is 17.8. The van der Waals surface area contributed by atoms with Gasteiger partial charge < -0.3 is 4.74 Å². The highest BCUT2D eigenvalue weighted by molar-refractivity contribution is 5.74. The SMILES string of the molecule is C=C(C)/C(F)=C(/F)C(=C)OC(=O)C1CCC(c2ccc(-c3ccccc3)c(F)c2F)CC1. The summed E-state index contributed by atoms with van der Waals surface area (Å²) in [6, 6.07) is 11.9. The Labute approximate surface area is 184 Å². The lowest BCUT2D eigenvalue weighted by atomic mass is 9.78. The molecule has 0 radical (unpaired) electrons. The Morgan fingerprint density at radius 3 is 2.12 bits per heavy atom. The summed E-state index contributed by atoms with van der Waals surface area (Å²) < 4.78 is 61.9. The van der Waals surface area contributed by atoms with E-state index in [4.69, 9.17) is 4.74 Å². The van der Waals surface area contributed by atoms with Crippen molar-refractivity contribution in [1.29, 1.82) is 0 Å². The van der Waals surface area contributed by atoms with Gasteiger partial charge in [0, 0.05) is 5.56 Å². The fraction of sp³-hybridized carbons (Fsp3) is 0.269. The minimum absolute atomic E-state index is 0.146. The summed E-state index contributed by atoms with van der Waals surface area (Å²) in [6.07, 6.45) is 1.58. The number of halogens is 4. The predicted octanol–water partition coefficient (Wildman–Crippen LogP) is 7.69. The van der Waals surface area contributed by atoms with Gasteiger partial charge in [-0.15, -0.1) is 0 Å². The Hall–Kier alpha value is -3.15. The van der Waals surface area contributed by atoms with Gasteiger partial charge in [-0.25, -0.2) is 13.2 Å². The van der Waals surface area contributed by atoms with E-state index in [0.717, 1.165) is 0 Å². The van der Waals surface area contributed by atoms with Crippen LogP contribution in [0.1, 0.15) is 44.1 Å². The predicted molar refractivity (Wildman–Crippen MR) is 116 cm³/mol. The quantitative estimate of drug-likeness (QED) is 0.198. The molecule has 0 saturated heterocycles. The van der Waals surface area contributed by atoms with Gasteiger partial charge in [-0.05, 0) is 55.2 Å². The fourth-order valence-electron chi connectivity index (χ4n) is 3.92. The zero-order chi connectivity index (χ0) is 23.4. The van der Waals surface area contributed by atoms with Crippen molar-refractivity contribution in [3.63, 3.8) is 0 Å². The van der Waals surface area contributed by atoms with Gasteiger partial charge in [-0.1, -0.05) is 55.6 Å². The van der Waals surface area contributed by atoms with Crippen LogP contribution in [0.4, 0.5) is 17.6 Å². The van der Waals surface area contributed by atoms with Gasteiger partial charge in [-0.2, -0.15) is 4.39 Å². The van der Waals surface area contributed by atoms with Crippen LogP contribution in [0.5, 0.6) is 0 Å². The molecule has 0 aromatic heterocycles. The number of hydrogen-bond acceptors (Lipinski definition) is 2. The van der Waals surface area contributed by atoms with E-state index in [-0.39, 0.29) is 22.6 Å². The molecule has 1 aliphatic rings. The molecule has 2 nitrogen and oxygen atoms in total. The fourth-order valence-corrected chi connectivity index (χ4v) is 3.92. The molecule has 168 valence electrons. The number of allylic oxidation sites excluding steroid dienone is 3. The van der Waals surface area contributed by atoms with Crippen molar-refractivity contribution in [3.8, 4) is 11.1 Å². The van der Waals surface area contributed by atoms with Crippen molar-refractivity contribution < 1.29 is 27.1 Å². The van der Waals surface area contributed by atoms with E-state index < -0.39 is 40.9 Å². The van der Waals surface area contributed by atoms with E-state index in [9.17, 15) is 22.4 Å². The molecular weight excluding hydrogens is 420 g/mol. The molecule has 0 spiro atoms. The number of ether oxygens (including phenoxy) is 1. The van der Waals surface area contributed by atoms with E-state index in [1.54, 1.807) is 42.5 Å². The van der Waals surface area contributed by atoms with Crippen LogP contribution < -0.4 is 0 Å². The summed E-state index contributed by atoms with van der Waals surface area (Å²) in [5, 5.41) is 0. The second-order valence-electron chi connectivity index (χ2n) is 8.00. The first-order chi connectivity index (χ1) is 15.2. The van der Waals surface area contributed by atoms with Crippen molar-refractivity contribution in [3.05, 3.63) is 95.8 Å². The Balaban J connectivity index is 1.65. The molecule has 2 aromatic carbocycles. The number of esters is 1. The summed E-state index contributed by atoms with van der Waals surface area (Å²) in [4.78, 5) is 12.3. The molecular formula is C26H24F4O2. The minimum Gasteiger partial charge on any atom is -0.424 e. The van der Waals surface area contributed by atoms with Crippen LogP contribution in [0.2, 0.25) is 0 Å².